The van der Waals surface area contributed by atoms with Crippen LogP contribution in [0.2, 0.25) is 0 Å². The van der Waals surface area contributed by atoms with Crippen LogP contribution in [0.1, 0.15) is 63.7 Å². The zero-order chi connectivity index (χ0) is 25.2. The molecule has 2 aromatic carbocycles. The van der Waals surface area contributed by atoms with E-state index in [2.05, 4.69) is 20.5 Å². The topological polar surface area (TPSA) is 117 Å². The Morgan fingerprint density at radius 3 is 2.25 bits per heavy atom. The van der Waals surface area contributed by atoms with E-state index in [1.54, 1.807) is 24.4 Å². The van der Waals surface area contributed by atoms with Crippen LogP contribution >= 0.6 is 0 Å². The van der Waals surface area contributed by atoms with Gasteiger partial charge in [-0.25, -0.2) is 4.98 Å². The smallest absolute Gasteiger partial charge is 0.251 e. The highest BCUT2D eigenvalue weighted by Gasteiger charge is 2.41. The average molecular weight is 484 g/mol. The van der Waals surface area contributed by atoms with Gasteiger partial charge in [0.05, 0.1) is 11.3 Å². The van der Waals surface area contributed by atoms with Gasteiger partial charge in [0.15, 0.2) is 5.78 Å². The number of anilines is 3. The first-order chi connectivity index (χ1) is 17.4. The zero-order valence-corrected chi connectivity index (χ0v) is 20.1. The molecule has 5 rings (SSSR count). The van der Waals surface area contributed by atoms with E-state index in [9.17, 15) is 14.4 Å². The molecular formula is C28H29N5O3. The number of para-hydroxylation sites is 1. The summed E-state index contributed by atoms with van der Waals surface area (Å²) in [7, 11) is 0. The number of fused-ring (bicyclic) bond motifs is 2. The number of nitrogens with one attached hydrogen (secondary N) is 2. The number of pyridine rings is 1. The first-order valence-corrected chi connectivity index (χ1v) is 12.2. The van der Waals surface area contributed by atoms with Crippen molar-refractivity contribution in [3.05, 3.63) is 83.6 Å². The molecule has 2 aliphatic rings. The van der Waals surface area contributed by atoms with Crippen molar-refractivity contribution in [2.45, 2.75) is 50.7 Å². The Morgan fingerprint density at radius 1 is 0.944 bits per heavy atom. The van der Waals surface area contributed by atoms with Gasteiger partial charge in [-0.15, -0.1) is 0 Å². The molecule has 2 fully saturated rings. The molecule has 1 aromatic heterocycles. The number of carbonyl (C=O) groups excluding carboxylic acids is 3. The number of hydrogen-bond acceptors (Lipinski definition) is 6. The second kappa shape index (κ2) is 9.81. The predicted octanol–water partition coefficient (Wildman–Crippen LogP) is 4.06. The third-order valence-electron chi connectivity index (χ3n) is 7.09. The maximum atomic E-state index is 13.2. The normalized spacial score (nSPS) is 20.6. The Kier molecular flexibility index (Phi) is 6.41. The molecule has 3 aromatic rings. The lowest BCUT2D eigenvalue weighted by Crippen LogP contribution is -2.50. The number of rotatable bonds is 7. The Hall–Kier alpha value is -4.20. The lowest BCUT2D eigenvalue weighted by Gasteiger charge is -2.40. The molecule has 0 aliphatic carbocycles. The van der Waals surface area contributed by atoms with Crippen molar-refractivity contribution in [1.82, 2.24) is 10.3 Å². The number of primary amides is 1. The molecule has 0 spiro atoms. The number of ketones is 1. The molecule has 0 radical (unpaired) electrons. The van der Waals surface area contributed by atoms with Gasteiger partial charge in [0.2, 0.25) is 0 Å². The van der Waals surface area contributed by atoms with Crippen molar-refractivity contribution in [1.29, 1.82) is 0 Å². The summed E-state index contributed by atoms with van der Waals surface area (Å²) in [5.74, 6) is 0.151. The largest absolute Gasteiger partial charge is 0.366 e. The second-order valence-electron chi connectivity index (χ2n) is 9.51. The Morgan fingerprint density at radius 2 is 1.64 bits per heavy atom. The number of benzene rings is 2. The highest BCUT2D eigenvalue weighted by molar-refractivity contribution is 6.02. The van der Waals surface area contributed by atoms with Gasteiger partial charge in [-0.3, -0.25) is 14.4 Å². The average Bonchev–Trinajstić information content (AvgIpc) is 3.14. The van der Waals surface area contributed by atoms with E-state index in [1.165, 1.54) is 6.92 Å². The van der Waals surface area contributed by atoms with Crippen LogP contribution < -0.4 is 21.3 Å². The van der Waals surface area contributed by atoms with Gasteiger partial charge in [0.25, 0.3) is 11.8 Å². The number of Topliss-reactive ketones (excluding diaryl/α,β-unsaturated/α-hetero) is 1. The van der Waals surface area contributed by atoms with Crippen LogP contribution in [0.4, 0.5) is 17.2 Å². The molecule has 4 N–H and O–H groups in total. The summed E-state index contributed by atoms with van der Waals surface area (Å²) in [6.07, 6.45) is 5.39. The van der Waals surface area contributed by atoms with E-state index >= 15 is 0 Å². The summed E-state index contributed by atoms with van der Waals surface area (Å²) in [6.45, 7) is 1.54. The molecule has 0 unspecified atom stereocenters. The van der Waals surface area contributed by atoms with Crippen LogP contribution in [0.25, 0.3) is 0 Å². The Labute approximate surface area is 209 Å². The van der Waals surface area contributed by atoms with Crippen LogP contribution in [0.15, 0.2) is 66.9 Å². The van der Waals surface area contributed by atoms with Gasteiger partial charge in [0.1, 0.15) is 5.82 Å². The van der Waals surface area contributed by atoms with Crippen molar-refractivity contribution in [3.8, 4) is 0 Å². The van der Waals surface area contributed by atoms with Crippen LogP contribution in [-0.2, 0) is 0 Å². The molecule has 0 saturated carbocycles. The highest BCUT2D eigenvalue weighted by atomic mass is 16.2. The van der Waals surface area contributed by atoms with Crippen molar-refractivity contribution in [2.24, 2.45) is 5.73 Å². The zero-order valence-electron chi connectivity index (χ0n) is 20.1. The van der Waals surface area contributed by atoms with E-state index in [0.29, 0.717) is 22.4 Å². The van der Waals surface area contributed by atoms with E-state index < -0.39 is 5.91 Å². The first-order valence-electron chi connectivity index (χ1n) is 12.2. The summed E-state index contributed by atoms with van der Waals surface area (Å²) >= 11 is 0. The fourth-order valence-electron chi connectivity index (χ4n) is 5.37. The van der Waals surface area contributed by atoms with Gasteiger partial charge in [-0.1, -0.05) is 18.2 Å². The van der Waals surface area contributed by atoms with E-state index in [-0.39, 0.29) is 29.8 Å². The van der Waals surface area contributed by atoms with Gasteiger partial charge in [-0.05, 0) is 75.1 Å². The SMILES string of the molecule is CC(=O)c1ccc(N2[C@@H]3CC[C@H]2C[C@@H](NC(=O)c2ccc(C(N)=O)c(Nc4ccccc4)c2)C3)nc1. The summed E-state index contributed by atoms with van der Waals surface area (Å²) in [5.41, 5.74) is 8.25. The van der Waals surface area contributed by atoms with Gasteiger partial charge in [0, 0.05) is 41.1 Å². The van der Waals surface area contributed by atoms with Crippen molar-refractivity contribution in [3.63, 3.8) is 0 Å². The Balaban J connectivity index is 1.28. The van der Waals surface area contributed by atoms with E-state index in [4.69, 9.17) is 5.73 Å². The lowest BCUT2D eigenvalue weighted by atomic mass is 9.96. The molecule has 36 heavy (non-hydrogen) atoms. The van der Waals surface area contributed by atoms with E-state index in [0.717, 1.165) is 37.2 Å². The number of piperidine rings is 1. The third-order valence-corrected chi connectivity index (χ3v) is 7.09. The fraction of sp³-hybridized carbons (Fsp3) is 0.286. The van der Waals surface area contributed by atoms with Gasteiger partial charge >= 0.3 is 0 Å². The maximum absolute atomic E-state index is 13.2. The highest BCUT2D eigenvalue weighted by Crippen LogP contribution is 2.38. The second-order valence-corrected chi connectivity index (χ2v) is 9.51. The molecule has 2 amide bonds. The summed E-state index contributed by atoms with van der Waals surface area (Å²) in [4.78, 5) is 43.6. The molecular weight excluding hydrogens is 454 g/mol. The molecule has 2 saturated heterocycles. The monoisotopic (exact) mass is 483 g/mol. The molecule has 2 bridgehead atoms. The number of nitrogens with two attached hydrogens (primary N) is 1. The summed E-state index contributed by atoms with van der Waals surface area (Å²) in [5, 5.41) is 6.39. The molecule has 8 nitrogen and oxygen atoms in total. The lowest BCUT2D eigenvalue weighted by molar-refractivity contribution is 0.0924. The predicted molar refractivity (Wildman–Crippen MR) is 139 cm³/mol. The number of hydrogen-bond donors (Lipinski definition) is 3. The quantitative estimate of drug-likeness (QED) is 0.436. The summed E-state index contributed by atoms with van der Waals surface area (Å²) in [6, 6.07) is 18.7. The molecule has 8 heteroatoms. The minimum Gasteiger partial charge on any atom is -0.366 e. The van der Waals surface area contributed by atoms with Gasteiger partial charge < -0.3 is 21.3 Å². The maximum Gasteiger partial charge on any atom is 0.251 e. The Bertz CT molecular complexity index is 1280. The molecule has 184 valence electrons. The van der Waals surface area contributed by atoms with Crippen LogP contribution in [0.3, 0.4) is 0 Å². The minimum absolute atomic E-state index is 0.00410. The third kappa shape index (κ3) is 4.79. The van der Waals surface area contributed by atoms with Crippen molar-refractivity contribution >= 4 is 34.8 Å². The standard InChI is InChI=1S/C28H29N5O3/c1-17(34)19-8-12-26(30-16-19)33-22-9-10-23(33)15-21(14-22)32-28(36)18-7-11-24(27(29)35)25(13-18)31-20-5-3-2-4-6-20/h2-8,11-13,16,21-23,31H,9-10,14-15H2,1H3,(H2,29,35)(H,32,36)/t21-,22+,23-. The van der Waals surface area contributed by atoms with E-state index in [1.807, 2.05) is 42.5 Å². The number of aromatic nitrogens is 1. The van der Waals surface area contributed by atoms with Crippen molar-refractivity contribution in [2.75, 3.05) is 10.2 Å². The minimum atomic E-state index is -0.561. The van der Waals surface area contributed by atoms with Crippen LogP contribution in [0, 0.1) is 0 Å². The number of carbonyl (C=O) groups is 3. The van der Waals surface area contributed by atoms with Gasteiger partial charge in [-0.2, -0.15) is 0 Å². The molecule has 2 aliphatic heterocycles. The molecule has 3 heterocycles. The van der Waals surface area contributed by atoms with Crippen LogP contribution in [0.5, 0.6) is 0 Å². The number of nitrogens with zero attached hydrogens (tertiary/aromatic N) is 2. The number of amides is 2. The van der Waals surface area contributed by atoms with Crippen molar-refractivity contribution < 1.29 is 14.4 Å². The molecule has 3 atom stereocenters. The van der Waals surface area contributed by atoms with Crippen LogP contribution in [-0.4, -0.2) is 40.7 Å². The first kappa shape index (κ1) is 23.5. The fourth-order valence-corrected chi connectivity index (χ4v) is 5.37. The summed E-state index contributed by atoms with van der Waals surface area (Å²) < 4.78 is 0.